The molecule has 3 nitrogen and oxygen atoms in total. The van der Waals surface area contributed by atoms with E-state index in [1.165, 1.54) is 38.4 Å². The van der Waals surface area contributed by atoms with E-state index in [9.17, 15) is 9.90 Å². The Labute approximate surface area is 325 Å². The summed E-state index contributed by atoms with van der Waals surface area (Å²) in [6.07, 6.45) is 5.86. The minimum Gasteiger partial charge on any atom is -0.512 e. The quantitative estimate of drug-likeness (QED) is 0.0817. The van der Waals surface area contributed by atoms with Crippen LogP contribution in [0, 0.1) is 22.8 Å². The van der Waals surface area contributed by atoms with Crippen LogP contribution in [0.15, 0.2) is 83.9 Å². The smallest absolute Gasteiger partial charge is 0.164 e. The van der Waals surface area contributed by atoms with Crippen molar-refractivity contribution in [2.75, 3.05) is 0 Å². The Kier molecular flexibility index (Phi) is 14.6. The maximum absolute atomic E-state index is 12.2. The number of rotatable bonds is 11. The molecule has 5 heteroatoms. The molecule has 0 saturated carbocycles. The number of aromatic nitrogens is 1. The zero-order valence-electron chi connectivity index (χ0n) is 32.7. The third kappa shape index (κ3) is 9.86. The van der Waals surface area contributed by atoms with Crippen molar-refractivity contribution in [3.63, 3.8) is 0 Å². The van der Waals surface area contributed by atoms with Crippen LogP contribution >= 0.6 is 11.3 Å². The standard InChI is InChI=1S/C31H30NS.C15H28O2.Ir/c1-20(2)16-21-10-12-22(13-11-21)26-19-29(32-28-14-15-33-30(26)28)24-17-23-8-6-7-9-25(23)27(18-24)31(3,4)5;1-7-14(5,8-2)12(16)11-13(17)15(6,9-3)10-4;/h6-15,18-20H,16H2,1-5H3;11,16H,7-10H2,1-6H3;/q-1;;/b;12-11-;. The van der Waals surface area contributed by atoms with Crippen molar-refractivity contribution >= 4 is 38.1 Å². The summed E-state index contributed by atoms with van der Waals surface area (Å²) in [4.78, 5) is 17.2. The Morgan fingerprint density at radius 1 is 0.863 bits per heavy atom. The van der Waals surface area contributed by atoms with E-state index in [1.807, 2.05) is 41.5 Å². The summed E-state index contributed by atoms with van der Waals surface area (Å²) in [6.45, 7) is 23.4. The van der Waals surface area contributed by atoms with Crippen LogP contribution in [0.25, 0.3) is 43.4 Å². The molecule has 51 heavy (non-hydrogen) atoms. The number of carbonyl (C=O) groups excluding carboxylic acids is 1. The molecule has 0 aliphatic rings. The van der Waals surface area contributed by atoms with E-state index in [0.29, 0.717) is 5.92 Å². The van der Waals surface area contributed by atoms with Gasteiger partial charge in [0, 0.05) is 42.7 Å². The van der Waals surface area contributed by atoms with Crippen LogP contribution < -0.4 is 0 Å². The van der Waals surface area contributed by atoms with Gasteiger partial charge in [0.05, 0.1) is 10.2 Å². The average Bonchev–Trinajstić information content (AvgIpc) is 3.59. The molecule has 0 amide bonds. The number of allylic oxidation sites excluding steroid dienone is 2. The summed E-state index contributed by atoms with van der Waals surface area (Å²) in [6, 6.07) is 28.0. The minimum absolute atomic E-state index is 0. The summed E-state index contributed by atoms with van der Waals surface area (Å²) in [5, 5.41) is 14.7. The zero-order valence-corrected chi connectivity index (χ0v) is 35.9. The number of pyridine rings is 1. The van der Waals surface area contributed by atoms with E-state index in [1.54, 1.807) is 11.3 Å². The number of fused-ring (bicyclic) bond motifs is 2. The van der Waals surface area contributed by atoms with Crippen LogP contribution in [0.5, 0.6) is 0 Å². The van der Waals surface area contributed by atoms with E-state index < -0.39 is 0 Å². The van der Waals surface area contributed by atoms with Crippen molar-refractivity contribution in [1.82, 2.24) is 4.98 Å². The summed E-state index contributed by atoms with van der Waals surface area (Å²) in [7, 11) is 0. The van der Waals surface area contributed by atoms with E-state index in [4.69, 9.17) is 4.98 Å². The molecule has 0 aliphatic carbocycles. The van der Waals surface area contributed by atoms with Crippen LogP contribution in [-0.4, -0.2) is 15.9 Å². The van der Waals surface area contributed by atoms with Crippen LogP contribution in [0.1, 0.15) is 113 Å². The molecule has 0 bridgehead atoms. The minimum atomic E-state index is -0.337. The molecule has 3 aromatic carbocycles. The maximum Gasteiger partial charge on any atom is 0.164 e. The molecule has 2 heterocycles. The molecule has 0 spiro atoms. The first-order chi connectivity index (χ1) is 23.6. The van der Waals surface area contributed by atoms with Gasteiger partial charge in [0.15, 0.2) is 5.78 Å². The zero-order chi connectivity index (χ0) is 36.9. The summed E-state index contributed by atoms with van der Waals surface area (Å²) < 4.78 is 1.24. The molecule has 275 valence electrons. The van der Waals surface area contributed by atoms with Gasteiger partial charge in [0.25, 0.3) is 0 Å². The third-order valence-electron chi connectivity index (χ3n) is 10.8. The van der Waals surface area contributed by atoms with Crippen LogP contribution in [-0.2, 0) is 36.7 Å². The number of hydrogen-bond donors (Lipinski definition) is 1. The normalized spacial score (nSPS) is 12.5. The van der Waals surface area contributed by atoms with E-state index in [2.05, 4.69) is 113 Å². The van der Waals surface area contributed by atoms with Crippen molar-refractivity contribution in [3.05, 3.63) is 101 Å². The second-order valence-corrected chi connectivity index (χ2v) is 16.7. The first-order valence-electron chi connectivity index (χ1n) is 18.5. The number of hydrogen-bond acceptors (Lipinski definition) is 4. The molecule has 0 fully saturated rings. The number of nitrogens with zero attached hydrogens (tertiary/aromatic N) is 1. The van der Waals surface area contributed by atoms with Gasteiger partial charge in [-0.25, -0.2) is 0 Å². The second kappa shape index (κ2) is 17.6. The Morgan fingerprint density at radius 3 is 2.04 bits per heavy atom. The molecular formula is C46H58IrNO2S-. The Morgan fingerprint density at radius 2 is 1.47 bits per heavy atom. The Balaban J connectivity index is 0.000000335. The fraction of sp³-hybridized carbons (Fsp3) is 0.435. The number of aliphatic hydroxyl groups excluding tert-OH is 1. The molecule has 2 aromatic heterocycles. The van der Waals surface area contributed by atoms with Gasteiger partial charge in [-0.1, -0.05) is 136 Å². The third-order valence-corrected chi connectivity index (χ3v) is 11.7. The molecule has 0 atom stereocenters. The van der Waals surface area contributed by atoms with Gasteiger partial charge < -0.3 is 5.11 Å². The molecule has 0 aliphatic heterocycles. The van der Waals surface area contributed by atoms with Gasteiger partial charge in [0.2, 0.25) is 0 Å². The van der Waals surface area contributed by atoms with Crippen LogP contribution in [0.2, 0.25) is 0 Å². The first-order valence-corrected chi connectivity index (χ1v) is 19.4. The molecule has 1 radical (unpaired) electrons. The predicted molar refractivity (Wildman–Crippen MR) is 217 cm³/mol. The monoisotopic (exact) mass is 881 g/mol. The van der Waals surface area contributed by atoms with Crippen molar-refractivity contribution in [2.24, 2.45) is 16.7 Å². The molecular weight excluding hydrogens is 823 g/mol. The van der Waals surface area contributed by atoms with E-state index in [-0.39, 0.29) is 47.9 Å². The fourth-order valence-electron chi connectivity index (χ4n) is 6.27. The van der Waals surface area contributed by atoms with Crippen LogP contribution in [0.3, 0.4) is 0 Å². The second-order valence-electron chi connectivity index (χ2n) is 15.8. The topological polar surface area (TPSA) is 50.2 Å². The van der Waals surface area contributed by atoms with E-state index >= 15 is 0 Å². The summed E-state index contributed by atoms with van der Waals surface area (Å²) >= 11 is 1.76. The van der Waals surface area contributed by atoms with Crippen molar-refractivity contribution in [3.8, 4) is 22.4 Å². The molecule has 0 saturated heterocycles. The molecule has 5 aromatic rings. The maximum atomic E-state index is 12.2. The van der Waals surface area contributed by atoms with Crippen molar-refractivity contribution in [1.29, 1.82) is 0 Å². The summed E-state index contributed by atoms with van der Waals surface area (Å²) in [5.74, 6) is 0.946. The SMILES string of the molecule is CC(C)Cc1ccc(-c2cc(-c3[c-]c4ccccc4c(C(C)(C)C)c3)nc3ccsc23)cc1.CCC(C)(CC)C(=O)/C=C(\O)C(C)(CC)CC.[Ir]. The number of carbonyl (C=O) groups is 1. The number of ketones is 1. The van der Waals surface area contributed by atoms with Gasteiger partial charge >= 0.3 is 0 Å². The Hall–Kier alpha value is -3.11. The number of aliphatic hydroxyl groups is 1. The molecule has 1 N–H and O–H groups in total. The summed E-state index contributed by atoms with van der Waals surface area (Å²) in [5.41, 5.74) is 7.75. The van der Waals surface area contributed by atoms with Crippen LogP contribution in [0.4, 0.5) is 0 Å². The molecule has 0 unspecified atom stereocenters. The van der Waals surface area contributed by atoms with Gasteiger partial charge in [-0.2, -0.15) is 0 Å². The first kappa shape index (κ1) is 42.3. The Bertz CT molecular complexity index is 1940. The largest absolute Gasteiger partial charge is 0.512 e. The van der Waals surface area contributed by atoms with Gasteiger partial charge in [-0.05, 0) is 71.6 Å². The van der Waals surface area contributed by atoms with Crippen molar-refractivity contribution < 1.29 is 30.0 Å². The van der Waals surface area contributed by atoms with Gasteiger partial charge in [-0.15, -0.1) is 40.5 Å². The van der Waals surface area contributed by atoms with Crippen molar-refractivity contribution in [2.45, 2.75) is 114 Å². The van der Waals surface area contributed by atoms with Gasteiger partial charge in [0.1, 0.15) is 5.76 Å². The number of thiophene rings is 1. The number of benzene rings is 3. The van der Waals surface area contributed by atoms with Gasteiger partial charge in [-0.3, -0.25) is 9.78 Å². The molecule has 5 rings (SSSR count). The van der Waals surface area contributed by atoms with E-state index in [0.717, 1.165) is 54.3 Å². The average molecular weight is 881 g/mol. The predicted octanol–water partition coefficient (Wildman–Crippen LogP) is 13.7. The fourth-order valence-corrected chi connectivity index (χ4v) is 7.14.